The molecular weight excluding hydrogens is 218 g/mol. The molecule has 1 saturated heterocycles. The number of carbonyl (C=O) groups is 1. The van der Waals surface area contributed by atoms with E-state index in [4.69, 9.17) is 5.73 Å². The highest BCUT2D eigenvalue weighted by atomic mass is 32.2. The van der Waals surface area contributed by atoms with Gasteiger partial charge in [0, 0.05) is 19.6 Å². The van der Waals surface area contributed by atoms with E-state index < -0.39 is 16.1 Å². The Labute approximate surface area is 90.2 Å². The lowest BCUT2D eigenvalue weighted by Gasteiger charge is -2.34. The van der Waals surface area contributed by atoms with Crippen molar-refractivity contribution in [2.75, 3.05) is 26.2 Å². The number of rotatable bonds is 6. The highest BCUT2D eigenvalue weighted by molar-refractivity contribution is 7.86. The first kappa shape index (κ1) is 12.4. The van der Waals surface area contributed by atoms with Crippen LogP contribution in [0.25, 0.3) is 0 Å². The van der Waals surface area contributed by atoms with Gasteiger partial charge in [-0.05, 0) is 12.8 Å². The zero-order valence-corrected chi connectivity index (χ0v) is 9.66. The van der Waals surface area contributed by atoms with E-state index >= 15 is 0 Å². The molecule has 15 heavy (non-hydrogen) atoms. The molecule has 0 saturated carbocycles. The third-order valence-corrected chi connectivity index (χ3v) is 4.25. The molecule has 0 unspecified atom stereocenters. The first-order chi connectivity index (χ1) is 6.98. The lowest BCUT2D eigenvalue weighted by molar-refractivity contribution is -0.118. The Kier molecular flexibility index (Phi) is 4.06. The average molecular weight is 235 g/mol. The second-order valence-electron chi connectivity index (χ2n) is 3.56. The largest absolute Gasteiger partial charge is 0.369 e. The van der Waals surface area contributed by atoms with Crippen molar-refractivity contribution in [3.8, 4) is 0 Å². The van der Waals surface area contributed by atoms with E-state index in [2.05, 4.69) is 0 Å². The molecular formula is C8H17N3O3S. The van der Waals surface area contributed by atoms with Gasteiger partial charge in [0.15, 0.2) is 0 Å². The Balaban J connectivity index is 2.72. The van der Waals surface area contributed by atoms with Crippen LogP contribution in [0.15, 0.2) is 0 Å². The molecule has 0 aromatic rings. The summed E-state index contributed by atoms with van der Waals surface area (Å²) in [5, 5.41) is 0. The molecule has 1 amide bonds. The van der Waals surface area contributed by atoms with Crippen LogP contribution >= 0.6 is 0 Å². The minimum atomic E-state index is -3.46. The quantitative estimate of drug-likeness (QED) is 0.650. The van der Waals surface area contributed by atoms with E-state index in [1.807, 2.05) is 6.92 Å². The van der Waals surface area contributed by atoms with Crippen molar-refractivity contribution in [1.82, 2.24) is 8.61 Å². The van der Waals surface area contributed by atoms with Crippen LogP contribution in [0.5, 0.6) is 0 Å². The van der Waals surface area contributed by atoms with Gasteiger partial charge in [0.1, 0.15) is 0 Å². The Morgan fingerprint density at radius 3 is 2.40 bits per heavy atom. The number of hydrogen-bond acceptors (Lipinski definition) is 3. The standard InChI is InChI=1S/C8H17N3O3S/c1-2-4-11(7-8(9)12)15(13,14)10-5-3-6-10/h2-7H2,1H3,(H2,9,12). The van der Waals surface area contributed by atoms with Gasteiger partial charge >= 0.3 is 0 Å². The molecule has 88 valence electrons. The third kappa shape index (κ3) is 2.90. The molecule has 1 heterocycles. The molecule has 1 rings (SSSR count). The summed E-state index contributed by atoms with van der Waals surface area (Å²) in [6.07, 6.45) is 1.55. The molecule has 0 aromatic carbocycles. The minimum absolute atomic E-state index is 0.229. The van der Waals surface area contributed by atoms with Gasteiger partial charge in [-0.3, -0.25) is 4.79 Å². The summed E-state index contributed by atoms with van der Waals surface area (Å²) in [6, 6.07) is 0. The molecule has 7 heteroatoms. The maximum absolute atomic E-state index is 11.9. The van der Waals surface area contributed by atoms with Crippen molar-refractivity contribution in [3.63, 3.8) is 0 Å². The van der Waals surface area contributed by atoms with Crippen molar-refractivity contribution in [3.05, 3.63) is 0 Å². The van der Waals surface area contributed by atoms with Crippen LogP contribution in [0.2, 0.25) is 0 Å². The van der Waals surface area contributed by atoms with Gasteiger partial charge < -0.3 is 5.73 Å². The van der Waals surface area contributed by atoms with Crippen molar-refractivity contribution < 1.29 is 13.2 Å². The van der Waals surface area contributed by atoms with Crippen molar-refractivity contribution in [2.24, 2.45) is 5.73 Å². The Morgan fingerprint density at radius 1 is 1.47 bits per heavy atom. The van der Waals surface area contributed by atoms with Gasteiger partial charge in [-0.15, -0.1) is 0 Å². The summed E-state index contributed by atoms with van der Waals surface area (Å²) < 4.78 is 26.3. The zero-order valence-electron chi connectivity index (χ0n) is 8.85. The van der Waals surface area contributed by atoms with E-state index in [1.165, 1.54) is 4.31 Å². The molecule has 0 radical (unpaired) electrons. The molecule has 1 aliphatic rings. The summed E-state index contributed by atoms with van der Waals surface area (Å²) in [6.45, 7) is 3.05. The van der Waals surface area contributed by atoms with Crippen LogP contribution in [-0.2, 0) is 15.0 Å². The molecule has 1 aliphatic heterocycles. The summed E-state index contributed by atoms with van der Waals surface area (Å²) in [5.74, 6) is -0.618. The number of amides is 1. The number of carbonyl (C=O) groups excluding carboxylic acids is 1. The molecule has 0 spiro atoms. The normalized spacial score (nSPS) is 17.7. The minimum Gasteiger partial charge on any atom is -0.369 e. The first-order valence-electron chi connectivity index (χ1n) is 5.02. The zero-order chi connectivity index (χ0) is 11.5. The summed E-state index contributed by atoms with van der Waals surface area (Å²) in [7, 11) is -3.46. The van der Waals surface area contributed by atoms with E-state index in [9.17, 15) is 13.2 Å². The average Bonchev–Trinajstić information content (AvgIpc) is 1.98. The van der Waals surface area contributed by atoms with Crippen molar-refractivity contribution >= 4 is 16.1 Å². The van der Waals surface area contributed by atoms with E-state index in [0.717, 1.165) is 10.7 Å². The van der Waals surface area contributed by atoms with Crippen molar-refractivity contribution in [1.29, 1.82) is 0 Å². The fraction of sp³-hybridized carbons (Fsp3) is 0.875. The SMILES string of the molecule is CCCN(CC(N)=O)S(=O)(=O)N1CCC1. The fourth-order valence-corrected chi connectivity index (χ4v) is 3.13. The Hall–Kier alpha value is -0.660. The lowest BCUT2D eigenvalue weighted by atomic mass is 10.3. The molecule has 1 fully saturated rings. The van der Waals surface area contributed by atoms with E-state index in [1.54, 1.807) is 0 Å². The summed E-state index contributed by atoms with van der Waals surface area (Å²) >= 11 is 0. The predicted molar refractivity (Wildman–Crippen MR) is 56.2 cm³/mol. The molecule has 0 atom stereocenters. The molecule has 2 N–H and O–H groups in total. The molecule has 0 aliphatic carbocycles. The van der Waals surface area contributed by atoms with Crippen LogP contribution in [0, 0.1) is 0 Å². The molecule has 0 aromatic heterocycles. The second-order valence-corrected chi connectivity index (χ2v) is 5.49. The number of primary amides is 1. The monoisotopic (exact) mass is 235 g/mol. The van der Waals surface area contributed by atoms with Gasteiger partial charge in [-0.2, -0.15) is 17.0 Å². The fourth-order valence-electron chi connectivity index (χ4n) is 1.38. The Bertz CT molecular complexity index is 324. The maximum atomic E-state index is 11.9. The molecule has 6 nitrogen and oxygen atoms in total. The van der Waals surface area contributed by atoms with Gasteiger partial charge in [0.2, 0.25) is 5.91 Å². The second kappa shape index (κ2) is 4.91. The van der Waals surface area contributed by atoms with Gasteiger partial charge in [-0.1, -0.05) is 6.92 Å². The van der Waals surface area contributed by atoms with Crippen LogP contribution in [0.1, 0.15) is 19.8 Å². The maximum Gasteiger partial charge on any atom is 0.282 e. The summed E-state index contributed by atoms with van der Waals surface area (Å²) in [4.78, 5) is 10.8. The smallest absolute Gasteiger partial charge is 0.282 e. The van der Waals surface area contributed by atoms with Gasteiger partial charge in [0.25, 0.3) is 10.2 Å². The van der Waals surface area contributed by atoms with Crippen molar-refractivity contribution in [2.45, 2.75) is 19.8 Å². The predicted octanol–water partition coefficient (Wildman–Crippen LogP) is -0.866. The first-order valence-corrected chi connectivity index (χ1v) is 6.41. The summed E-state index contributed by atoms with van der Waals surface area (Å²) in [5.41, 5.74) is 5.02. The van der Waals surface area contributed by atoms with Crippen LogP contribution in [0.3, 0.4) is 0 Å². The third-order valence-electron chi connectivity index (χ3n) is 2.27. The van der Waals surface area contributed by atoms with Crippen LogP contribution in [0.4, 0.5) is 0 Å². The van der Waals surface area contributed by atoms with Gasteiger partial charge in [0.05, 0.1) is 6.54 Å². The van der Waals surface area contributed by atoms with E-state index in [0.29, 0.717) is 26.1 Å². The number of hydrogen-bond donors (Lipinski definition) is 1. The Morgan fingerprint density at radius 2 is 2.07 bits per heavy atom. The van der Waals surface area contributed by atoms with Crippen LogP contribution < -0.4 is 5.73 Å². The number of nitrogens with two attached hydrogens (primary N) is 1. The lowest BCUT2D eigenvalue weighted by Crippen LogP contribution is -2.52. The van der Waals surface area contributed by atoms with Gasteiger partial charge in [-0.25, -0.2) is 0 Å². The highest BCUT2D eigenvalue weighted by Gasteiger charge is 2.33. The topological polar surface area (TPSA) is 83.7 Å². The molecule has 0 bridgehead atoms. The van der Waals surface area contributed by atoms with E-state index in [-0.39, 0.29) is 6.54 Å². The number of nitrogens with zero attached hydrogens (tertiary/aromatic N) is 2. The highest BCUT2D eigenvalue weighted by Crippen LogP contribution is 2.16. The van der Waals surface area contributed by atoms with Crippen LogP contribution in [-0.4, -0.2) is 49.1 Å².